The number of amides is 3. The standard InChI is InChI=1S/C15H21N3O2/c1-11-5-3-4-6-14(11)18(12(2)19)10-9-16-15(20)17-13-7-8-13/h3-6,13H,7-10H2,1-2H3,(H2,16,17,20). The van der Waals surface area contributed by atoms with Gasteiger partial charge in [0.15, 0.2) is 0 Å². The number of nitrogens with one attached hydrogen (secondary N) is 2. The summed E-state index contributed by atoms with van der Waals surface area (Å²) in [5, 5.41) is 5.64. The Morgan fingerprint density at radius 2 is 2.00 bits per heavy atom. The van der Waals surface area contributed by atoms with Crippen LogP contribution in [0.3, 0.4) is 0 Å². The molecule has 0 heterocycles. The number of urea groups is 1. The zero-order valence-corrected chi connectivity index (χ0v) is 12.0. The molecular formula is C15H21N3O2. The van der Waals surface area contributed by atoms with Gasteiger partial charge in [-0.05, 0) is 31.4 Å². The molecule has 1 aliphatic rings. The van der Waals surface area contributed by atoms with E-state index < -0.39 is 0 Å². The Morgan fingerprint density at radius 1 is 1.30 bits per heavy atom. The maximum atomic E-state index is 11.8. The van der Waals surface area contributed by atoms with Gasteiger partial charge in [0, 0.05) is 31.7 Å². The number of nitrogens with zero attached hydrogens (tertiary/aromatic N) is 1. The third-order valence-corrected chi connectivity index (χ3v) is 3.32. The van der Waals surface area contributed by atoms with Crippen molar-refractivity contribution in [2.45, 2.75) is 32.7 Å². The summed E-state index contributed by atoms with van der Waals surface area (Å²) in [6.45, 7) is 4.42. The second-order valence-corrected chi connectivity index (χ2v) is 5.13. The van der Waals surface area contributed by atoms with Gasteiger partial charge in [-0.1, -0.05) is 18.2 Å². The Labute approximate surface area is 119 Å². The van der Waals surface area contributed by atoms with Gasteiger partial charge in [0.25, 0.3) is 0 Å². The highest BCUT2D eigenvalue weighted by Gasteiger charge is 2.23. The van der Waals surface area contributed by atoms with E-state index in [1.54, 1.807) is 4.90 Å². The van der Waals surface area contributed by atoms with E-state index in [2.05, 4.69) is 10.6 Å². The molecule has 20 heavy (non-hydrogen) atoms. The highest BCUT2D eigenvalue weighted by atomic mass is 16.2. The van der Waals surface area contributed by atoms with Crippen LogP contribution in [0, 0.1) is 6.92 Å². The van der Waals surface area contributed by atoms with Crippen LogP contribution in [-0.4, -0.2) is 31.1 Å². The van der Waals surface area contributed by atoms with Crippen molar-refractivity contribution in [2.24, 2.45) is 0 Å². The summed E-state index contributed by atoms with van der Waals surface area (Å²) < 4.78 is 0. The molecule has 0 bridgehead atoms. The van der Waals surface area contributed by atoms with Crippen molar-refractivity contribution >= 4 is 17.6 Å². The molecule has 1 fully saturated rings. The molecule has 2 N–H and O–H groups in total. The average Bonchev–Trinajstić information content (AvgIpc) is 3.19. The average molecular weight is 275 g/mol. The predicted molar refractivity (Wildman–Crippen MR) is 78.8 cm³/mol. The fourth-order valence-electron chi connectivity index (χ4n) is 2.06. The Balaban J connectivity index is 1.88. The quantitative estimate of drug-likeness (QED) is 0.861. The second-order valence-electron chi connectivity index (χ2n) is 5.13. The number of benzene rings is 1. The van der Waals surface area contributed by atoms with Gasteiger partial charge in [-0.3, -0.25) is 4.79 Å². The van der Waals surface area contributed by atoms with Gasteiger partial charge in [-0.15, -0.1) is 0 Å². The van der Waals surface area contributed by atoms with Crippen molar-refractivity contribution in [1.82, 2.24) is 10.6 Å². The van der Waals surface area contributed by atoms with E-state index in [1.165, 1.54) is 6.92 Å². The van der Waals surface area contributed by atoms with Gasteiger partial charge in [-0.25, -0.2) is 4.79 Å². The van der Waals surface area contributed by atoms with E-state index in [9.17, 15) is 9.59 Å². The summed E-state index contributed by atoms with van der Waals surface area (Å²) in [4.78, 5) is 25.0. The molecule has 1 aromatic carbocycles. The van der Waals surface area contributed by atoms with Gasteiger partial charge < -0.3 is 15.5 Å². The lowest BCUT2D eigenvalue weighted by Crippen LogP contribution is -2.42. The van der Waals surface area contributed by atoms with Crippen LogP contribution in [0.15, 0.2) is 24.3 Å². The molecule has 108 valence electrons. The van der Waals surface area contributed by atoms with Crippen molar-refractivity contribution in [1.29, 1.82) is 0 Å². The van der Waals surface area contributed by atoms with Crippen molar-refractivity contribution in [3.05, 3.63) is 29.8 Å². The second kappa shape index (κ2) is 6.41. The molecule has 5 nitrogen and oxygen atoms in total. The summed E-state index contributed by atoms with van der Waals surface area (Å²) in [5.74, 6) is -0.0244. The molecule has 2 rings (SSSR count). The topological polar surface area (TPSA) is 61.4 Å². The monoisotopic (exact) mass is 275 g/mol. The molecule has 0 saturated heterocycles. The molecular weight excluding hydrogens is 254 g/mol. The smallest absolute Gasteiger partial charge is 0.315 e. The van der Waals surface area contributed by atoms with Gasteiger partial charge in [0.1, 0.15) is 0 Å². The highest BCUT2D eigenvalue weighted by Crippen LogP contribution is 2.19. The van der Waals surface area contributed by atoms with Crippen molar-refractivity contribution in [2.75, 3.05) is 18.0 Å². The molecule has 0 aromatic heterocycles. The molecule has 3 amide bonds. The summed E-state index contributed by atoms with van der Waals surface area (Å²) >= 11 is 0. The van der Waals surface area contributed by atoms with Crippen LogP contribution in [-0.2, 0) is 4.79 Å². The van der Waals surface area contributed by atoms with Gasteiger partial charge >= 0.3 is 6.03 Å². The summed E-state index contributed by atoms with van der Waals surface area (Å²) in [6, 6.07) is 7.93. The Morgan fingerprint density at radius 3 is 2.60 bits per heavy atom. The molecule has 5 heteroatoms. The number of anilines is 1. The molecule has 0 unspecified atom stereocenters. The fourth-order valence-corrected chi connectivity index (χ4v) is 2.06. The van der Waals surface area contributed by atoms with Crippen LogP contribution in [0.2, 0.25) is 0 Å². The van der Waals surface area contributed by atoms with Crippen LogP contribution in [0.4, 0.5) is 10.5 Å². The number of aryl methyl sites for hydroxylation is 1. The van der Waals surface area contributed by atoms with Crippen LogP contribution >= 0.6 is 0 Å². The number of carbonyl (C=O) groups is 2. The Bertz CT molecular complexity index is 498. The lowest BCUT2D eigenvalue weighted by Gasteiger charge is -2.23. The third kappa shape index (κ3) is 3.98. The van der Waals surface area contributed by atoms with E-state index >= 15 is 0 Å². The summed E-state index contributed by atoms with van der Waals surface area (Å²) in [5.41, 5.74) is 1.94. The molecule has 1 aliphatic carbocycles. The normalized spacial score (nSPS) is 13.7. The molecule has 0 spiro atoms. The summed E-state index contributed by atoms with van der Waals surface area (Å²) in [6.07, 6.45) is 2.13. The lowest BCUT2D eigenvalue weighted by molar-refractivity contribution is -0.116. The van der Waals surface area contributed by atoms with Gasteiger partial charge in [0.05, 0.1) is 0 Å². The minimum atomic E-state index is -0.152. The number of rotatable bonds is 5. The van der Waals surface area contributed by atoms with E-state index in [1.807, 2.05) is 31.2 Å². The maximum Gasteiger partial charge on any atom is 0.315 e. The molecule has 0 atom stereocenters. The molecule has 1 aromatic rings. The van der Waals surface area contributed by atoms with Crippen molar-refractivity contribution < 1.29 is 9.59 Å². The number of hydrogen-bond donors (Lipinski definition) is 2. The Hall–Kier alpha value is -2.04. The van der Waals surface area contributed by atoms with E-state index in [0.29, 0.717) is 19.1 Å². The van der Waals surface area contributed by atoms with Gasteiger partial charge in [0.2, 0.25) is 5.91 Å². The van der Waals surface area contributed by atoms with Crippen LogP contribution in [0.25, 0.3) is 0 Å². The molecule has 0 radical (unpaired) electrons. The SMILES string of the molecule is CC(=O)N(CCNC(=O)NC1CC1)c1ccccc1C. The fraction of sp³-hybridized carbons (Fsp3) is 0.467. The maximum absolute atomic E-state index is 11.8. The third-order valence-electron chi connectivity index (χ3n) is 3.32. The van der Waals surface area contributed by atoms with Crippen LogP contribution in [0.5, 0.6) is 0 Å². The first kappa shape index (κ1) is 14.4. The Kier molecular flexibility index (Phi) is 4.61. The van der Waals surface area contributed by atoms with Crippen LogP contribution in [0.1, 0.15) is 25.3 Å². The minimum absolute atomic E-state index is 0.0244. The highest BCUT2D eigenvalue weighted by molar-refractivity contribution is 5.92. The van der Waals surface area contributed by atoms with Gasteiger partial charge in [-0.2, -0.15) is 0 Å². The van der Waals surface area contributed by atoms with E-state index in [0.717, 1.165) is 24.1 Å². The lowest BCUT2D eigenvalue weighted by atomic mass is 10.2. The molecule has 1 saturated carbocycles. The zero-order chi connectivity index (χ0) is 14.5. The van der Waals surface area contributed by atoms with Crippen molar-refractivity contribution in [3.63, 3.8) is 0 Å². The van der Waals surface area contributed by atoms with Crippen LogP contribution < -0.4 is 15.5 Å². The minimum Gasteiger partial charge on any atom is -0.336 e. The summed E-state index contributed by atoms with van der Waals surface area (Å²) in [7, 11) is 0. The van der Waals surface area contributed by atoms with E-state index in [4.69, 9.17) is 0 Å². The number of carbonyl (C=O) groups excluding carboxylic acids is 2. The first-order chi connectivity index (χ1) is 9.58. The van der Waals surface area contributed by atoms with Crippen molar-refractivity contribution in [3.8, 4) is 0 Å². The first-order valence-corrected chi connectivity index (χ1v) is 6.96. The molecule has 0 aliphatic heterocycles. The van der Waals surface area contributed by atoms with E-state index in [-0.39, 0.29) is 11.9 Å². The first-order valence-electron chi connectivity index (χ1n) is 6.96. The number of para-hydroxylation sites is 1. The zero-order valence-electron chi connectivity index (χ0n) is 12.0. The largest absolute Gasteiger partial charge is 0.336 e. The predicted octanol–water partition coefficient (Wildman–Crippen LogP) is 1.81. The number of hydrogen-bond acceptors (Lipinski definition) is 2.